The molecule has 0 unspecified atom stereocenters. The van der Waals surface area contributed by atoms with E-state index in [1.807, 2.05) is 0 Å². The van der Waals surface area contributed by atoms with Crippen molar-refractivity contribution in [3.63, 3.8) is 0 Å². The van der Waals surface area contributed by atoms with Crippen molar-refractivity contribution in [2.75, 3.05) is 18.5 Å². The maximum absolute atomic E-state index is 5.41. The van der Waals surface area contributed by atoms with Crippen LogP contribution in [-0.4, -0.2) is 18.5 Å². The lowest BCUT2D eigenvalue weighted by Crippen LogP contribution is -1.96. The lowest BCUT2D eigenvalue weighted by molar-refractivity contribution is 0.128. The molecule has 1 nitrogen and oxygen atoms in total. The van der Waals surface area contributed by atoms with Gasteiger partial charge in [-0.25, -0.2) is 0 Å². The number of hydrogen-bond acceptors (Lipinski definition) is 1. The standard InChI is InChI=1S/C11H19BrO/c1-2-3-7-10-13-11-8-5-4-6-9-12/h1H,3-11H2. The van der Waals surface area contributed by atoms with Gasteiger partial charge in [0.2, 0.25) is 0 Å². The van der Waals surface area contributed by atoms with Gasteiger partial charge in [0.05, 0.1) is 0 Å². The highest BCUT2D eigenvalue weighted by molar-refractivity contribution is 9.09. The SMILES string of the molecule is C#CCCCOCCCCCCBr. The van der Waals surface area contributed by atoms with Crippen molar-refractivity contribution >= 4 is 15.9 Å². The summed E-state index contributed by atoms with van der Waals surface area (Å²) in [6.07, 6.45) is 12.0. The quantitative estimate of drug-likeness (QED) is 0.345. The molecule has 0 radical (unpaired) electrons. The molecule has 0 rings (SSSR count). The first-order chi connectivity index (χ1) is 6.41. The molecule has 2 heteroatoms. The van der Waals surface area contributed by atoms with Gasteiger partial charge in [-0.1, -0.05) is 28.8 Å². The van der Waals surface area contributed by atoms with Crippen LogP contribution in [0.1, 0.15) is 38.5 Å². The van der Waals surface area contributed by atoms with Gasteiger partial charge in [0.25, 0.3) is 0 Å². The summed E-state index contributed by atoms with van der Waals surface area (Å²) >= 11 is 3.41. The minimum Gasteiger partial charge on any atom is -0.381 e. The van der Waals surface area contributed by atoms with Crippen LogP contribution in [0.4, 0.5) is 0 Å². The van der Waals surface area contributed by atoms with Gasteiger partial charge in [-0.3, -0.25) is 0 Å². The summed E-state index contributed by atoms with van der Waals surface area (Å²) in [5.74, 6) is 2.60. The zero-order valence-corrected chi connectivity index (χ0v) is 9.81. The fraction of sp³-hybridized carbons (Fsp3) is 0.818. The third kappa shape index (κ3) is 12.0. The van der Waals surface area contributed by atoms with Crippen LogP contribution < -0.4 is 0 Å². The van der Waals surface area contributed by atoms with Crippen LogP contribution in [0, 0.1) is 12.3 Å². The van der Waals surface area contributed by atoms with Crippen LogP contribution in [0.25, 0.3) is 0 Å². The Morgan fingerprint density at radius 3 is 2.38 bits per heavy atom. The number of halogens is 1. The molecule has 0 aliphatic heterocycles. The molecular weight excluding hydrogens is 228 g/mol. The van der Waals surface area contributed by atoms with Gasteiger partial charge in [0, 0.05) is 25.0 Å². The second-order valence-corrected chi connectivity index (χ2v) is 3.82. The molecule has 0 spiro atoms. The summed E-state index contributed by atoms with van der Waals surface area (Å²) in [6.45, 7) is 1.72. The average molecular weight is 247 g/mol. The van der Waals surface area contributed by atoms with Gasteiger partial charge in [-0.05, 0) is 19.3 Å². The summed E-state index contributed by atoms with van der Waals surface area (Å²) in [4.78, 5) is 0. The van der Waals surface area contributed by atoms with E-state index in [2.05, 4.69) is 21.9 Å². The molecule has 0 saturated carbocycles. The summed E-state index contributed by atoms with van der Waals surface area (Å²) in [7, 11) is 0. The largest absolute Gasteiger partial charge is 0.381 e. The van der Waals surface area contributed by atoms with E-state index < -0.39 is 0 Å². The van der Waals surface area contributed by atoms with E-state index in [-0.39, 0.29) is 0 Å². The Bertz CT molecular complexity index is 129. The lowest BCUT2D eigenvalue weighted by Gasteiger charge is -2.02. The summed E-state index contributed by atoms with van der Waals surface area (Å²) in [6, 6.07) is 0. The molecule has 0 saturated heterocycles. The highest BCUT2D eigenvalue weighted by Crippen LogP contribution is 2.02. The van der Waals surface area contributed by atoms with E-state index in [1.165, 1.54) is 25.7 Å². The fourth-order valence-corrected chi connectivity index (χ4v) is 1.43. The zero-order chi connectivity index (χ0) is 9.78. The Hall–Kier alpha value is 0. The first-order valence-electron chi connectivity index (χ1n) is 4.99. The molecule has 0 heterocycles. The predicted octanol–water partition coefficient (Wildman–Crippen LogP) is 3.37. The second-order valence-electron chi connectivity index (χ2n) is 3.02. The van der Waals surface area contributed by atoms with Crippen molar-refractivity contribution in [2.24, 2.45) is 0 Å². The number of terminal acetylenes is 1. The molecule has 0 atom stereocenters. The highest BCUT2D eigenvalue weighted by atomic mass is 79.9. The van der Waals surface area contributed by atoms with Gasteiger partial charge >= 0.3 is 0 Å². The molecule has 0 amide bonds. The summed E-state index contributed by atoms with van der Waals surface area (Å²) in [5.41, 5.74) is 0. The normalized spacial score (nSPS) is 9.85. The highest BCUT2D eigenvalue weighted by Gasteiger charge is 1.90. The number of rotatable bonds is 9. The average Bonchev–Trinajstić information content (AvgIpc) is 2.16. The third-order valence-electron chi connectivity index (χ3n) is 1.78. The molecular formula is C11H19BrO. The van der Waals surface area contributed by atoms with Crippen LogP contribution in [0.3, 0.4) is 0 Å². The Balaban J connectivity index is 2.80. The van der Waals surface area contributed by atoms with E-state index in [9.17, 15) is 0 Å². The third-order valence-corrected chi connectivity index (χ3v) is 2.34. The molecule has 0 bridgehead atoms. The lowest BCUT2D eigenvalue weighted by atomic mass is 10.2. The van der Waals surface area contributed by atoms with E-state index in [0.717, 1.165) is 31.4 Å². The molecule has 0 fully saturated rings. The topological polar surface area (TPSA) is 9.23 Å². The molecule has 13 heavy (non-hydrogen) atoms. The van der Waals surface area contributed by atoms with E-state index in [4.69, 9.17) is 11.2 Å². The second kappa shape index (κ2) is 12.0. The van der Waals surface area contributed by atoms with Gasteiger partial charge in [0.15, 0.2) is 0 Å². The van der Waals surface area contributed by atoms with Gasteiger partial charge in [0.1, 0.15) is 0 Å². The molecule has 0 N–H and O–H groups in total. The van der Waals surface area contributed by atoms with Gasteiger partial charge in [-0.15, -0.1) is 12.3 Å². The molecule has 0 aromatic carbocycles. The molecule has 0 aliphatic carbocycles. The van der Waals surface area contributed by atoms with Gasteiger partial charge < -0.3 is 4.74 Å². The van der Waals surface area contributed by atoms with Crippen LogP contribution in [0.5, 0.6) is 0 Å². The van der Waals surface area contributed by atoms with Crippen molar-refractivity contribution in [2.45, 2.75) is 38.5 Å². The number of alkyl halides is 1. The Labute approximate surface area is 90.4 Å². The van der Waals surface area contributed by atoms with Crippen molar-refractivity contribution in [3.05, 3.63) is 0 Å². The molecule has 0 aromatic rings. The maximum Gasteiger partial charge on any atom is 0.0475 e. The van der Waals surface area contributed by atoms with E-state index in [0.29, 0.717) is 0 Å². The number of ether oxygens (including phenoxy) is 1. The van der Waals surface area contributed by atoms with E-state index >= 15 is 0 Å². The Morgan fingerprint density at radius 1 is 1.00 bits per heavy atom. The van der Waals surface area contributed by atoms with Crippen LogP contribution in [-0.2, 0) is 4.74 Å². The Morgan fingerprint density at radius 2 is 1.69 bits per heavy atom. The maximum atomic E-state index is 5.41. The first kappa shape index (κ1) is 13.0. The monoisotopic (exact) mass is 246 g/mol. The minimum absolute atomic E-state index is 0.822. The molecule has 0 aliphatic rings. The zero-order valence-electron chi connectivity index (χ0n) is 8.23. The smallest absolute Gasteiger partial charge is 0.0475 e. The molecule has 0 aromatic heterocycles. The summed E-state index contributed by atoms with van der Waals surface area (Å²) in [5, 5.41) is 1.12. The van der Waals surface area contributed by atoms with Crippen LogP contribution >= 0.6 is 15.9 Å². The van der Waals surface area contributed by atoms with Crippen LogP contribution in [0.2, 0.25) is 0 Å². The summed E-state index contributed by atoms with van der Waals surface area (Å²) < 4.78 is 5.41. The van der Waals surface area contributed by atoms with Crippen molar-refractivity contribution < 1.29 is 4.74 Å². The first-order valence-corrected chi connectivity index (χ1v) is 6.11. The number of hydrogen-bond donors (Lipinski definition) is 0. The minimum atomic E-state index is 0.822. The predicted molar refractivity (Wildman–Crippen MR) is 61.1 cm³/mol. The van der Waals surface area contributed by atoms with Crippen molar-refractivity contribution in [3.8, 4) is 12.3 Å². The number of unbranched alkanes of at least 4 members (excludes halogenated alkanes) is 4. The van der Waals surface area contributed by atoms with Crippen molar-refractivity contribution in [1.82, 2.24) is 0 Å². The van der Waals surface area contributed by atoms with Gasteiger partial charge in [-0.2, -0.15) is 0 Å². The van der Waals surface area contributed by atoms with Crippen molar-refractivity contribution in [1.29, 1.82) is 0 Å². The fourth-order valence-electron chi connectivity index (χ4n) is 1.03. The van der Waals surface area contributed by atoms with Crippen LogP contribution in [0.15, 0.2) is 0 Å². The Kier molecular flexibility index (Phi) is 12.0. The molecule has 76 valence electrons. The van der Waals surface area contributed by atoms with E-state index in [1.54, 1.807) is 0 Å².